The molecule has 0 aliphatic heterocycles. The lowest BCUT2D eigenvalue weighted by atomic mass is 9.68. The van der Waals surface area contributed by atoms with Gasteiger partial charge in [0, 0.05) is 7.05 Å². The minimum Gasteiger partial charge on any atom is -0.480 e. The Balaban J connectivity index is 2.24. The van der Waals surface area contributed by atoms with E-state index in [-0.39, 0.29) is 0 Å². The van der Waals surface area contributed by atoms with Crippen molar-refractivity contribution in [2.24, 2.45) is 7.05 Å². The number of imidazole rings is 1. The van der Waals surface area contributed by atoms with Crippen LogP contribution in [-0.2, 0) is 17.3 Å². The Kier molecular flexibility index (Phi) is 2.02. The highest BCUT2D eigenvalue weighted by atomic mass is 16.4. The van der Waals surface area contributed by atoms with E-state index in [2.05, 4.69) is 4.98 Å². The summed E-state index contributed by atoms with van der Waals surface area (Å²) in [5.41, 5.74) is 1.11. The van der Waals surface area contributed by atoms with Crippen LogP contribution in [0.3, 0.4) is 0 Å². The first-order valence-electron chi connectivity index (χ1n) is 5.80. The zero-order valence-electron chi connectivity index (χ0n) is 9.68. The number of hydrogen-bond donors (Lipinski definition) is 1. The van der Waals surface area contributed by atoms with E-state index in [1.165, 1.54) is 0 Å². The summed E-state index contributed by atoms with van der Waals surface area (Å²) in [5.74, 6) is -0.0559. The summed E-state index contributed by atoms with van der Waals surface area (Å²) in [6, 6.07) is 7.77. The fraction of sp³-hybridized carbons (Fsp3) is 0.385. The van der Waals surface area contributed by atoms with Crippen molar-refractivity contribution in [2.75, 3.05) is 0 Å². The van der Waals surface area contributed by atoms with Gasteiger partial charge in [0.15, 0.2) is 0 Å². The van der Waals surface area contributed by atoms with Crippen molar-refractivity contribution < 1.29 is 9.90 Å². The average Bonchev–Trinajstić information content (AvgIpc) is 2.56. The van der Waals surface area contributed by atoms with Gasteiger partial charge in [-0.05, 0) is 25.0 Å². The van der Waals surface area contributed by atoms with Crippen LogP contribution in [-0.4, -0.2) is 20.6 Å². The molecule has 1 heterocycles. The van der Waals surface area contributed by atoms with Crippen LogP contribution in [0.5, 0.6) is 0 Å². The van der Waals surface area contributed by atoms with Gasteiger partial charge in [0.05, 0.1) is 11.0 Å². The average molecular weight is 230 g/mol. The topological polar surface area (TPSA) is 55.1 Å². The van der Waals surface area contributed by atoms with Crippen LogP contribution in [0.15, 0.2) is 24.3 Å². The minimum atomic E-state index is -0.756. The van der Waals surface area contributed by atoms with Crippen LogP contribution in [0, 0.1) is 0 Å². The smallest absolute Gasteiger partial charge is 0.317 e. The van der Waals surface area contributed by atoms with E-state index in [0.717, 1.165) is 17.5 Å². The van der Waals surface area contributed by atoms with Crippen molar-refractivity contribution in [3.05, 3.63) is 30.1 Å². The molecule has 2 aromatic rings. The third-order valence-corrected chi connectivity index (χ3v) is 3.83. The summed E-state index contributed by atoms with van der Waals surface area (Å²) in [5, 5.41) is 9.43. The van der Waals surface area contributed by atoms with Crippen LogP contribution >= 0.6 is 0 Å². The molecule has 1 fully saturated rings. The lowest BCUT2D eigenvalue weighted by Crippen LogP contribution is -2.44. The molecular weight excluding hydrogens is 216 g/mol. The number of rotatable bonds is 2. The molecule has 3 rings (SSSR count). The maximum atomic E-state index is 11.5. The molecule has 1 saturated carbocycles. The third kappa shape index (κ3) is 1.24. The van der Waals surface area contributed by atoms with E-state index in [9.17, 15) is 9.90 Å². The quantitative estimate of drug-likeness (QED) is 0.859. The summed E-state index contributed by atoms with van der Waals surface area (Å²) < 4.78 is 1.92. The number of aliphatic carboxylic acids is 1. The number of aromatic nitrogens is 2. The lowest BCUT2D eigenvalue weighted by molar-refractivity contribution is -0.148. The number of nitrogens with zero attached hydrogens (tertiary/aromatic N) is 2. The molecule has 4 nitrogen and oxygen atoms in total. The number of aryl methyl sites for hydroxylation is 1. The van der Waals surface area contributed by atoms with Gasteiger partial charge in [-0.15, -0.1) is 0 Å². The van der Waals surface area contributed by atoms with Gasteiger partial charge >= 0.3 is 5.97 Å². The first kappa shape index (κ1) is 10.3. The number of carboxylic acid groups (broad SMARTS) is 1. The molecule has 1 aliphatic rings. The fourth-order valence-corrected chi connectivity index (χ4v) is 2.64. The minimum absolute atomic E-state index is 0.692. The summed E-state index contributed by atoms with van der Waals surface area (Å²) in [7, 11) is 1.90. The SMILES string of the molecule is Cn1c(C2(C(=O)O)CCC2)nc2ccccc21. The highest BCUT2D eigenvalue weighted by Gasteiger charge is 2.49. The molecule has 88 valence electrons. The number of para-hydroxylation sites is 2. The number of fused-ring (bicyclic) bond motifs is 1. The second-order valence-electron chi connectivity index (χ2n) is 4.72. The van der Waals surface area contributed by atoms with Gasteiger partial charge in [0.25, 0.3) is 0 Å². The Hall–Kier alpha value is -1.84. The van der Waals surface area contributed by atoms with Crippen LogP contribution in [0.4, 0.5) is 0 Å². The van der Waals surface area contributed by atoms with Gasteiger partial charge in [0.1, 0.15) is 11.2 Å². The molecule has 0 unspecified atom stereocenters. The predicted molar refractivity (Wildman–Crippen MR) is 63.9 cm³/mol. The van der Waals surface area contributed by atoms with E-state index in [1.807, 2.05) is 35.9 Å². The molecule has 4 heteroatoms. The molecule has 0 atom stereocenters. The van der Waals surface area contributed by atoms with E-state index in [1.54, 1.807) is 0 Å². The second kappa shape index (κ2) is 3.32. The molecule has 1 N–H and O–H groups in total. The molecule has 1 aliphatic carbocycles. The van der Waals surface area contributed by atoms with Crippen molar-refractivity contribution in [1.29, 1.82) is 0 Å². The van der Waals surface area contributed by atoms with Gasteiger partial charge in [-0.3, -0.25) is 4.79 Å². The highest BCUT2D eigenvalue weighted by Crippen LogP contribution is 2.44. The maximum Gasteiger partial charge on any atom is 0.317 e. The predicted octanol–water partition coefficient (Wildman–Crippen LogP) is 2.08. The van der Waals surface area contributed by atoms with Crippen molar-refractivity contribution in [3.63, 3.8) is 0 Å². The van der Waals surface area contributed by atoms with Gasteiger partial charge in [-0.1, -0.05) is 18.6 Å². The molecule has 0 amide bonds. The molecule has 0 saturated heterocycles. The highest BCUT2D eigenvalue weighted by molar-refractivity contribution is 5.84. The number of carboxylic acids is 1. The molecule has 0 radical (unpaired) electrons. The number of hydrogen-bond acceptors (Lipinski definition) is 2. The standard InChI is InChI=1S/C13H14N2O2/c1-15-10-6-3-2-5-9(10)14-11(15)13(12(16)17)7-4-8-13/h2-3,5-6H,4,7-8H2,1H3,(H,16,17). The van der Waals surface area contributed by atoms with Gasteiger partial charge in [-0.25, -0.2) is 4.98 Å². The van der Waals surface area contributed by atoms with Crippen LogP contribution in [0.1, 0.15) is 25.1 Å². The van der Waals surface area contributed by atoms with Crippen molar-refractivity contribution in [1.82, 2.24) is 9.55 Å². The van der Waals surface area contributed by atoms with Crippen LogP contribution in [0.2, 0.25) is 0 Å². The van der Waals surface area contributed by atoms with Crippen LogP contribution < -0.4 is 0 Å². The van der Waals surface area contributed by atoms with E-state index < -0.39 is 11.4 Å². The van der Waals surface area contributed by atoms with Gasteiger partial charge < -0.3 is 9.67 Å². The summed E-state index contributed by atoms with van der Waals surface area (Å²) in [6.45, 7) is 0. The third-order valence-electron chi connectivity index (χ3n) is 3.83. The zero-order chi connectivity index (χ0) is 12.0. The Morgan fingerprint density at radius 2 is 2.12 bits per heavy atom. The fourth-order valence-electron chi connectivity index (χ4n) is 2.64. The normalized spacial score (nSPS) is 17.9. The van der Waals surface area contributed by atoms with Crippen LogP contribution in [0.25, 0.3) is 11.0 Å². The largest absolute Gasteiger partial charge is 0.480 e. The number of benzene rings is 1. The summed E-state index contributed by atoms with van der Waals surface area (Å²) >= 11 is 0. The zero-order valence-corrected chi connectivity index (χ0v) is 9.68. The molecule has 0 spiro atoms. The van der Waals surface area contributed by atoms with Gasteiger partial charge in [0.2, 0.25) is 0 Å². The Morgan fingerprint density at radius 1 is 1.41 bits per heavy atom. The Bertz CT molecular complexity index is 596. The molecule has 0 bridgehead atoms. The second-order valence-corrected chi connectivity index (χ2v) is 4.72. The molecular formula is C13H14N2O2. The number of carbonyl (C=O) groups is 1. The molecule has 17 heavy (non-hydrogen) atoms. The Labute approximate surface area is 98.9 Å². The van der Waals surface area contributed by atoms with Crippen molar-refractivity contribution >= 4 is 17.0 Å². The maximum absolute atomic E-state index is 11.5. The first-order valence-corrected chi connectivity index (χ1v) is 5.80. The Morgan fingerprint density at radius 3 is 2.65 bits per heavy atom. The molecule has 1 aromatic carbocycles. The lowest BCUT2D eigenvalue weighted by Gasteiger charge is -2.36. The van der Waals surface area contributed by atoms with Crippen molar-refractivity contribution in [2.45, 2.75) is 24.7 Å². The van der Waals surface area contributed by atoms with E-state index in [4.69, 9.17) is 0 Å². The van der Waals surface area contributed by atoms with Crippen molar-refractivity contribution in [3.8, 4) is 0 Å². The monoisotopic (exact) mass is 230 g/mol. The first-order chi connectivity index (χ1) is 8.15. The molecule has 1 aromatic heterocycles. The summed E-state index contributed by atoms with van der Waals surface area (Å²) in [4.78, 5) is 16.0. The van der Waals surface area contributed by atoms with Gasteiger partial charge in [-0.2, -0.15) is 0 Å². The summed E-state index contributed by atoms with van der Waals surface area (Å²) in [6.07, 6.45) is 2.36. The van der Waals surface area contributed by atoms with E-state index >= 15 is 0 Å². The van der Waals surface area contributed by atoms with E-state index in [0.29, 0.717) is 18.7 Å².